The van der Waals surface area contributed by atoms with Crippen molar-refractivity contribution in [1.29, 1.82) is 0 Å². The van der Waals surface area contributed by atoms with Crippen LogP contribution >= 0.6 is 0 Å². The minimum Gasteiger partial charge on any atom is -0.308 e. The molecule has 2 aromatic rings. The predicted molar refractivity (Wildman–Crippen MR) is 77.6 cm³/mol. The lowest BCUT2D eigenvalue weighted by atomic mass is 10.0. The second-order valence-electron chi connectivity index (χ2n) is 5.17. The summed E-state index contributed by atoms with van der Waals surface area (Å²) in [4.78, 5) is 14.3. The number of carbonyl (C=O) groups excluding carboxylic acids is 1. The molecule has 0 radical (unpaired) electrons. The first-order valence-electron chi connectivity index (χ1n) is 6.83. The molecule has 0 unspecified atom stereocenters. The number of fused-ring (bicyclic) bond motifs is 1. The van der Waals surface area contributed by atoms with Gasteiger partial charge in [-0.2, -0.15) is 0 Å². The Morgan fingerprint density at radius 1 is 1.20 bits per heavy atom. The lowest BCUT2D eigenvalue weighted by molar-refractivity contribution is 0.0981. The standard InChI is InChI=1S/C17H16FNO/c1-12-8-9-14(15(18)11-12)17(20)19-10-4-6-13-5-2-3-7-16(13)19/h2-3,5,7-9,11H,4,6,10H2,1H3. The number of hydrogen-bond acceptors (Lipinski definition) is 1. The summed E-state index contributed by atoms with van der Waals surface area (Å²) in [7, 11) is 0. The van der Waals surface area contributed by atoms with Crippen molar-refractivity contribution < 1.29 is 9.18 Å². The molecule has 1 aliphatic heterocycles. The molecule has 102 valence electrons. The van der Waals surface area contributed by atoms with Crippen LogP contribution in [0, 0.1) is 12.7 Å². The number of anilines is 1. The van der Waals surface area contributed by atoms with Gasteiger partial charge in [-0.25, -0.2) is 4.39 Å². The van der Waals surface area contributed by atoms with Gasteiger partial charge in [0.05, 0.1) is 5.56 Å². The maximum atomic E-state index is 14.0. The summed E-state index contributed by atoms with van der Waals surface area (Å²) in [5, 5.41) is 0. The number of amides is 1. The van der Waals surface area contributed by atoms with E-state index in [4.69, 9.17) is 0 Å². The van der Waals surface area contributed by atoms with Gasteiger partial charge in [0.1, 0.15) is 5.82 Å². The SMILES string of the molecule is Cc1ccc(C(=O)N2CCCc3ccccc32)c(F)c1. The number of hydrogen-bond donors (Lipinski definition) is 0. The Hall–Kier alpha value is -2.16. The quantitative estimate of drug-likeness (QED) is 0.772. The van der Waals surface area contributed by atoms with Gasteiger partial charge in [-0.3, -0.25) is 4.79 Å². The van der Waals surface area contributed by atoms with Gasteiger partial charge < -0.3 is 4.90 Å². The summed E-state index contributed by atoms with van der Waals surface area (Å²) in [6, 6.07) is 12.6. The molecule has 0 bridgehead atoms. The van der Waals surface area contributed by atoms with Crippen molar-refractivity contribution in [2.24, 2.45) is 0 Å². The molecule has 2 nitrogen and oxygen atoms in total. The lowest BCUT2D eigenvalue weighted by Crippen LogP contribution is -2.35. The summed E-state index contributed by atoms with van der Waals surface area (Å²) in [6.07, 6.45) is 1.88. The van der Waals surface area contributed by atoms with Crippen molar-refractivity contribution >= 4 is 11.6 Å². The number of benzene rings is 2. The highest BCUT2D eigenvalue weighted by molar-refractivity contribution is 6.06. The molecule has 0 spiro atoms. The number of para-hydroxylation sites is 1. The minimum atomic E-state index is -0.446. The van der Waals surface area contributed by atoms with Gasteiger partial charge in [0, 0.05) is 12.2 Å². The lowest BCUT2D eigenvalue weighted by Gasteiger charge is -2.29. The molecule has 0 N–H and O–H groups in total. The second kappa shape index (κ2) is 5.08. The number of carbonyl (C=O) groups is 1. The molecule has 0 saturated carbocycles. The van der Waals surface area contributed by atoms with Crippen LogP contribution in [0.5, 0.6) is 0 Å². The molecule has 0 atom stereocenters. The van der Waals surface area contributed by atoms with E-state index in [1.165, 1.54) is 6.07 Å². The van der Waals surface area contributed by atoms with E-state index in [1.807, 2.05) is 31.2 Å². The summed E-state index contributed by atoms with van der Waals surface area (Å²) in [6.45, 7) is 2.46. The van der Waals surface area contributed by atoms with Gasteiger partial charge in [-0.15, -0.1) is 0 Å². The van der Waals surface area contributed by atoms with E-state index in [9.17, 15) is 9.18 Å². The molecule has 1 amide bonds. The largest absolute Gasteiger partial charge is 0.308 e. The zero-order valence-electron chi connectivity index (χ0n) is 11.4. The maximum Gasteiger partial charge on any atom is 0.261 e. The molecule has 20 heavy (non-hydrogen) atoms. The fourth-order valence-electron chi connectivity index (χ4n) is 2.68. The Bertz CT molecular complexity index is 666. The normalized spacial score (nSPS) is 14.0. The van der Waals surface area contributed by atoms with Crippen LogP contribution in [0.25, 0.3) is 0 Å². The fourth-order valence-corrected chi connectivity index (χ4v) is 2.68. The van der Waals surface area contributed by atoms with E-state index in [2.05, 4.69) is 0 Å². The van der Waals surface area contributed by atoms with Crippen molar-refractivity contribution in [3.8, 4) is 0 Å². The van der Waals surface area contributed by atoms with E-state index < -0.39 is 5.82 Å². The molecule has 2 aromatic carbocycles. The smallest absolute Gasteiger partial charge is 0.261 e. The minimum absolute atomic E-state index is 0.146. The highest BCUT2D eigenvalue weighted by atomic mass is 19.1. The number of aryl methyl sites for hydroxylation is 2. The van der Waals surface area contributed by atoms with E-state index in [-0.39, 0.29) is 11.5 Å². The third-order valence-corrected chi connectivity index (χ3v) is 3.71. The molecular formula is C17H16FNO. The van der Waals surface area contributed by atoms with Gasteiger partial charge in [-0.1, -0.05) is 24.3 Å². The van der Waals surface area contributed by atoms with Crippen molar-refractivity contribution in [2.75, 3.05) is 11.4 Å². The van der Waals surface area contributed by atoms with Crippen molar-refractivity contribution in [1.82, 2.24) is 0 Å². The Morgan fingerprint density at radius 2 is 2.00 bits per heavy atom. The molecule has 0 aliphatic carbocycles. The van der Waals surface area contributed by atoms with E-state index in [0.717, 1.165) is 29.7 Å². The predicted octanol–water partition coefficient (Wildman–Crippen LogP) is 3.73. The third-order valence-electron chi connectivity index (χ3n) is 3.71. The molecule has 0 fully saturated rings. The maximum absolute atomic E-state index is 14.0. The molecule has 0 aromatic heterocycles. The van der Waals surface area contributed by atoms with E-state index in [0.29, 0.717) is 6.54 Å². The van der Waals surface area contributed by atoms with Crippen LogP contribution in [0.15, 0.2) is 42.5 Å². The first-order chi connectivity index (χ1) is 9.66. The molecule has 3 heteroatoms. The second-order valence-corrected chi connectivity index (χ2v) is 5.17. The Labute approximate surface area is 117 Å². The van der Waals surface area contributed by atoms with Crippen LogP contribution < -0.4 is 4.90 Å². The van der Waals surface area contributed by atoms with Crippen LogP contribution in [-0.4, -0.2) is 12.5 Å². The first-order valence-corrected chi connectivity index (χ1v) is 6.83. The third kappa shape index (κ3) is 2.20. The fraction of sp³-hybridized carbons (Fsp3) is 0.235. The topological polar surface area (TPSA) is 20.3 Å². The van der Waals surface area contributed by atoms with Gasteiger partial charge in [-0.05, 0) is 49.1 Å². The van der Waals surface area contributed by atoms with Gasteiger partial charge in [0.15, 0.2) is 0 Å². The number of nitrogens with zero attached hydrogens (tertiary/aromatic N) is 1. The van der Waals surface area contributed by atoms with Crippen molar-refractivity contribution in [3.63, 3.8) is 0 Å². The highest BCUT2D eigenvalue weighted by Gasteiger charge is 2.24. The number of halogens is 1. The van der Waals surface area contributed by atoms with Gasteiger partial charge in [0.25, 0.3) is 5.91 Å². The zero-order chi connectivity index (χ0) is 14.1. The van der Waals surface area contributed by atoms with Crippen LogP contribution in [0.3, 0.4) is 0 Å². The van der Waals surface area contributed by atoms with Crippen LogP contribution in [0.1, 0.15) is 27.9 Å². The molecule has 0 saturated heterocycles. The van der Waals surface area contributed by atoms with Gasteiger partial charge >= 0.3 is 0 Å². The molecular weight excluding hydrogens is 253 g/mol. The summed E-state index contributed by atoms with van der Waals surface area (Å²) in [5.41, 5.74) is 3.02. The Kier molecular flexibility index (Phi) is 3.26. The van der Waals surface area contributed by atoms with Crippen LogP contribution in [0.2, 0.25) is 0 Å². The van der Waals surface area contributed by atoms with Crippen LogP contribution in [-0.2, 0) is 6.42 Å². The highest BCUT2D eigenvalue weighted by Crippen LogP contribution is 2.28. The van der Waals surface area contributed by atoms with Crippen LogP contribution in [0.4, 0.5) is 10.1 Å². The molecule has 1 aliphatic rings. The zero-order valence-corrected chi connectivity index (χ0v) is 11.4. The Morgan fingerprint density at radius 3 is 2.80 bits per heavy atom. The van der Waals surface area contributed by atoms with Crippen molar-refractivity contribution in [3.05, 3.63) is 65.0 Å². The summed E-state index contributed by atoms with van der Waals surface area (Å²) in [5.74, 6) is -0.701. The average molecular weight is 269 g/mol. The van der Waals surface area contributed by atoms with E-state index in [1.54, 1.807) is 17.0 Å². The molecule has 1 heterocycles. The number of rotatable bonds is 1. The van der Waals surface area contributed by atoms with E-state index >= 15 is 0 Å². The molecule has 3 rings (SSSR count). The first kappa shape index (κ1) is 12.9. The summed E-state index contributed by atoms with van der Waals surface area (Å²) < 4.78 is 14.0. The van der Waals surface area contributed by atoms with Gasteiger partial charge in [0.2, 0.25) is 0 Å². The average Bonchev–Trinajstić information content (AvgIpc) is 2.46. The van der Waals surface area contributed by atoms with Crippen molar-refractivity contribution in [2.45, 2.75) is 19.8 Å². The Balaban J connectivity index is 2.00. The summed E-state index contributed by atoms with van der Waals surface area (Å²) >= 11 is 0. The monoisotopic (exact) mass is 269 g/mol.